The van der Waals surface area contributed by atoms with Crippen molar-refractivity contribution in [3.63, 3.8) is 0 Å². The van der Waals surface area contributed by atoms with Crippen LogP contribution < -0.4 is 5.32 Å². The number of benzene rings is 2. The van der Waals surface area contributed by atoms with E-state index in [-0.39, 0.29) is 16.3 Å². The highest BCUT2D eigenvalue weighted by atomic mass is 35.5. The standard InChI is InChI=1S/C23H16ClFN2O4/c1-13(22(28)27-19-9-8-14(25)11-17(19)24)31-23(29)16-12-20(21-7-4-10-30-21)26-18-6-3-2-5-15(16)18/h2-13H,1H3,(H,27,28). The van der Waals surface area contributed by atoms with Crippen LogP contribution in [0.1, 0.15) is 17.3 Å². The normalized spacial score (nSPS) is 11.8. The van der Waals surface area contributed by atoms with Gasteiger partial charge in [0, 0.05) is 5.39 Å². The zero-order valence-corrected chi connectivity index (χ0v) is 17.0. The number of carbonyl (C=O) groups excluding carboxylic acids is 2. The Labute approximate surface area is 181 Å². The first kappa shape index (κ1) is 20.6. The van der Waals surface area contributed by atoms with Crippen LogP contribution in [0.3, 0.4) is 0 Å². The Morgan fingerprint density at radius 2 is 1.94 bits per heavy atom. The first-order valence-electron chi connectivity index (χ1n) is 9.33. The van der Waals surface area contributed by atoms with Crippen LogP contribution in [0.2, 0.25) is 5.02 Å². The number of furan rings is 1. The molecule has 31 heavy (non-hydrogen) atoms. The average molecular weight is 439 g/mol. The fraction of sp³-hybridized carbons (Fsp3) is 0.0870. The van der Waals surface area contributed by atoms with Crippen molar-refractivity contribution >= 4 is 40.1 Å². The van der Waals surface area contributed by atoms with E-state index >= 15 is 0 Å². The zero-order chi connectivity index (χ0) is 22.0. The van der Waals surface area contributed by atoms with Crippen molar-refractivity contribution in [1.82, 2.24) is 4.98 Å². The molecule has 0 aliphatic heterocycles. The summed E-state index contributed by atoms with van der Waals surface area (Å²) >= 11 is 5.93. The first-order valence-corrected chi connectivity index (χ1v) is 9.71. The van der Waals surface area contributed by atoms with Crippen molar-refractivity contribution in [2.24, 2.45) is 0 Å². The van der Waals surface area contributed by atoms with Crippen molar-refractivity contribution in [3.05, 3.63) is 83.3 Å². The van der Waals surface area contributed by atoms with Crippen molar-refractivity contribution in [2.45, 2.75) is 13.0 Å². The number of halogens is 2. The number of amides is 1. The van der Waals surface area contributed by atoms with Gasteiger partial charge in [-0.25, -0.2) is 14.2 Å². The van der Waals surface area contributed by atoms with Crippen molar-refractivity contribution in [1.29, 1.82) is 0 Å². The van der Waals surface area contributed by atoms with Gasteiger partial charge in [-0.2, -0.15) is 0 Å². The lowest BCUT2D eigenvalue weighted by atomic mass is 10.1. The maximum Gasteiger partial charge on any atom is 0.339 e. The number of rotatable bonds is 5. The summed E-state index contributed by atoms with van der Waals surface area (Å²) in [5.74, 6) is -1.33. The van der Waals surface area contributed by atoms with E-state index in [9.17, 15) is 14.0 Å². The lowest BCUT2D eigenvalue weighted by molar-refractivity contribution is -0.123. The molecule has 2 heterocycles. The molecule has 0 bridgehead atoms. The summed E-state index contributed by atoms with van der Waals surface area (Å²) in [5, 5.41) is 3.14. The third-order valence-corrected chi connectivity index (χ3v) is 4.86. The molecular weight excluding hydrogens is 423 g/mol. The molecule has 2 aromatic heterocycles. The Hall–Kier alpha value is -3.71. The number of carbonyl (C=O) groups is 2. The van der Waals surface area contributed by atoms with Crippen LogP contribution in [0.15, 0.2) is 71.3 Å². The minimum absolute atomic E-state index is 0.0371. The van der Waals surface area contributed by atoms with Gasteiger partial charge < -0.3 is 14.5 Å². The van der Waals surface area contributed by atoms with Gasteiger partial charge >= 0.3 is 5.97 Å². The number of pyridine rings is 1. The summed E-state index contributed by atoms with van der Waals surface area (Å²) in [6.45, 7) is 1.43. The topological polar surface area (TPSA) is 81.4 Å². The number of ether oxygens (including phenoxy) is 1. The summed E-state index contributed by atoms with van der Waals surface area (Å²) < 4.78 is 24.0. The largest absolute Gasteiger partial charge is 0.463 e. The van der Waals surface area contributed by atoms with Gasteiger partial charge in [-0.15, -0.1) is 0 Å². The van der Waals surface area contributed by atoms with Gasteiger partial charge in [0.1, 0.15) is 11.5 Å². The Kier molecular flexibility index (Phi) is 5.68. The van der Waals surface area contributed by atoms with Crippen molar-refractivity contribution in [3.8, 4) is 11.5 Å². The molecule has 4 aromatic rings. The van der Waals surface area contributed by atoms with Crippen LogP contribution in [-0.4, -0.2) is 23.0 Å². The fourth-order valence-electron chi connectivity index (χ4n) is 3.00. The summed E-state index contributed by atoms with van der Waals surface area (Å²) in [4.78, 5) is 29.9. The van der Waals surface area contributed by atoms with E-state index in [2.05, 4.69) is 10.3 Å². The number of nitrogens with zero attached hydrogens (tertiary/aromatic N) is 1. The minimum atomic E-state index is -1.13. The number of esters is 1. The molecule has 1 unspecified atom stereocenters. The fourth-order valence-corrected chi connectivity index (χ4v) is 3.21. The van der Waals surface area contributed by atoms with E-state index in [1.54, 1.807) is 42.5 Å². The summed E-state index contributed by atoms with van der Waals surface area (Å²) in [7, 11) is 0. The molecular formula is C23H16ClFN2O4. The van der Waals surface area contributed by atoms with E-state index in [1.165, 1.54) is 19.3 Å². The Morgan fingerprint density at radius 3 is 2.68 bits per heavy atom. The minimum Gasteiger partial charge on any atom is -0.463 e. The van der Waals surface area contributed by atoms with Crippen LogP contribution in [0.4, 0.5) is 10.1 Å². The molecule has 6 nitrogen and oxygen atoms in total. The smallest absolute Gasteiger partial charge is 0.339 e. The number of para-hydroxylation sites is 1. The zero-order valence-electron chi connectivity index (χ0n) is 16.3. The maximum absolute atomic E-state index is 13.2. The van der Waals surface area contributed by atoms with Crippen molar-refractivity contribution in [2.75, 3.05) is 5.32 Å². The highest BCUT2D eigenvalue weighted by molar-refractivity contribution is 6.33. The highest BCUT2D eigenvalue weighted by Gasteiger charge is 2.22. The molecule has 8 heteroatoms. The van der Waals surface area contributed by atoms with Crippen LogP contribution in [0.25, 0.3) is 22.4 Å². The molecule has 0 saturated heterocycles. The second-order valence-corrected chi connectivity index (χ2v) is 7.12. The molecule has 156 valence electrons. The molecule has 0 spiro atoms. The van der Waals surface area contributed by atoms with Gasteiger partial charge in [-0.1, -0.05) is 29.8 Å². The Balaban J connectivity index is 1.58. The van der Waals surface area contributed by atoms with E-state index in [0.717, 1.165) is 12.1 Å². The lowest BCUT2D eigenvalue weighted by Crippen LogP contribution is -2.30. The van der Waals surface area contributed by atoms with Gasteiger partial charge in [0.05, 0.1) is 28.1 Å². The summed E-state index contributed by atoms with van der Waals surface area (Å²) in [6.07, 6.45) is 0.379. The molecule has 0 aliphatic rings. The number of nitrogens with one attached hydrogen (secondary N) is 1. The second-order valence-electron chi connectivity index (χ2n) is 6.71. The second kappa shape index (κ2) is 8.57. The monoisotopic (exact) mass is 438 g/mol. The van der Waals surface area contributed by atoms with Gasteiger partial charge in [-0.05, 0) is 49.4 Å². The van der Waals surface area contributed by atoms with Gasteiger partial charge in [0.15, 0.2) is 11.9 Å². The highest BCUT2D eigenvalue weighted by Crippen LogP contribution is 2.26. The molecule has 2 aromatic carbocycles. The molecule has 0 fully saturated rings. The van der Waals surface area contributed by atoms with Gasteiger partial charge in [0.2, 0.25) is 0 Å². The van der Waals surface area contributed by atoms with E-state index in [1.807, 2.05) is 0 Å². The SMILES string of the molecule is CC(OC(=O)c1cc(-c2ccco2)nc2ccccc12)C(=O)Nc1ccc(F)cc1Cl. The molecule has 1 N–H and O–H groups in total. The predicted octanol–water partition coefficient (Wildman–Crippen LogP) is 5.47. The molecule has 0 radical (unpaired) electrons. The van der Waals surface area contributed by atoms with Crippen LogP contribution in [0, 0.1) is 5.82 Å². The number of hydrogen-bond acceptors (Lipinski definition) is 5. The average Bonchev–Trinajstić information content (AvgIpc) is 3.29. The third kappa shape index (κ3) is 4.41. The number of hydrogen-bond donors (Lipinski definition) is 1. The quantitative estimate of drug-likeness (QED) is 0.418. The summed E-state index contributed by atoms with van der Waals surface area (Å²) in [5.41, 5.74) is 1.51. The van der Waals surface area contributed by atoms with Crippen LogP contribution >= 0.6 is 11.6 Å². The van der Waals surface area contributed by atoms with E-state index < -0.39 is 23.8 Å². The number of aromatic nitrogens is 1. The maximum atomic E-state index is 13.2. The van der Waals surface area contributed by atoms with E-state index in [4.69, 9.17) is 20.8 Å². The lowest BCUT2D eigenvalue weighted by Gasteiger charge is -2.15. The summed E-state index contributed by atoms with van der Waals surface area (Å²) in [6, 6.07) is 15.7. The van der Waals surface area contributed by atoms with E-state index in [0.29, 0.717) is 22.4 Å². The molecule has 0 saturated carbocycles. The van der Waals surface area contributed by atoms with Gasteiger partial charge in [-0.3, -0.25) is 4.79 Å². The number of fused-ring (bicyclic) bond motifs is 1. The van der Waals surface area contributed by atoms with Crippen LogP contribution in [0.5, 0.6) is 0 Å². The first-order chi connectivity index (χ1) is 14.9. The molecule has 4 rings (SSSR count). The Morgan fingerprint density at radius 1 is 1.13 bits per heavy atom. The molecule has 1 atom stereocenters. The molecule has 1 amide bonds. The van der Waals surface area contributed by atoms with Crippen molar-refractivity contribution < 1.29 is 23.1 Å². The molecule has 0 aliphatic carbocycles. The third-order valence-electron chi connectivity index (χ3n) is 4.55. The Bertz CT molecular complexity index is 1270. The predicted molar refractivity (Wildman–Crippen MR) is 114 cm³/mol. The van der Waals surface area contributed by atoms with Crippen LogP contribution in [-0.2, 0) is 9.53 Å². The van der Waals surface area contributed by atoms with Gasteiger partial charge in [0.25, 0.3) is 5.91 Å². The number of anilines is 1.